The van der Waals surface area contributed by atoms with E-state index in [1.54, 1.807) is 23.0 Å². The summed E-state index contributed by atoms with van der Waals surface area (Å²) in [4.78, 5) is 15.4. The van der Waals surface area contributed by atoms with Crippen LogP contribution in [0.3, 0.4) is 0 Å². The lowest BCUT2D eigenvalue weighted by Crippen LogP contribution is -2.29. The Kier molecular flexibility index (Phi) is 4.02. The van der Waals surface area contributed by atoms with Crippen molar-refractivity contribution in [3.8, 4) is 0 Å². The Morgan fingerprint density at radius 1 is 1.60 bits per heavy atom. The Hall–Kier alpha value is -2.37. The van der Waals surface area contributed by atoms with Crippen LogP contribution in [0.1, 0.15) is 31.9 Å². The summed E-state index contributed by atoms with van der Waals surface area (Å²) in [5, 5.41) is 16.5. The van der Waals surface area contributed by atoms with Gasteiger partial charge in [-0.3, -0.25) is 0 Å². The summed E-state index contributed by atoms with van der Waals surface area (Å²) >= 11 is 0. The number of carboxylic acid groups (broad SMARTS) is 1. The molecule has 2 aromatic rings. The van der Waals surface area contributed by atoms with Crippen molar-refractivity contribution in [2.24, 2.45) is 0 Å². The molecule has 0 aliphatic heterocycles. The Labute approximate surface area is 117 Å². The summed E-state index contributed by atoms with van der Waals surface area (Å²) in [6, 6.07) is 1.18. The maximum Gasteiger partial charge on any atom is 0.326 e. The van der Waals surface area contributed by atoms with E-state index in [1.807, 2.05) is 6.07 Å². The molecule has 2 aromatic heterocycles. The third-order valence-corrected chi connectivity index (χ3v) is 3.01. The third kappa shape index (κ3) is 2.79. The fourth-order valence-corrected chi connectivity index (χ4v) is 1.89. The van der Waals surface area contributed by atoms with E-state index in [4.69, 9.17) is 0 Å². The Morgan fingerprint density at radius 2 is 2.35 bits per heavy atom. The van der Waals surface area contributed by atoms with E-state index in [0.29, 0.717) is 18.2 Å². The Bertz CT molecular complexity index is 633. The zero-order valence-corrected chi connectivity index (χ0v) is 11.6. The summed E-state index contributed by atoms with van der Waals surface area (Å²) in [5.41, 5.74) is 1.71. The highest BCUT2D eigenvalue weighted by Crippen LogP contribution is 2.20. The average Bonchev–Trinajstić information content (AvgIpc) is 2.83. The molecule has 0 fully saturated rings. The van der Waals surface area contributed by atoms with Gasteiger partial charge in [0, 0.05) is 12.4 Å². The number of nitrogens with one attached hydrogen (secondary N) is 1. The minimum absolute atomic E-state index is 0.297. The number of carboxylic acids is 1. The van der Waals surface area contributed by atoms with Crippen LogP contribution in [-0.2, 0) is 4.79 Å². The number of rotatable bonds is 6. The van der Waals surface area contributed by atoms with Crippen molar-refractivity contribution < 1.29 is 9.90 Å². The average molecular weight is 274 g/mol. The summed E-state index contributed by atoms with van der Waals surface area (Å²) < 4.78 is 1.71. The zero-order chi connectivity index (χ0) is 14.7. The van der Waals surface area contributed by atoms with Crippen molar-refractivity contribution in [3.05, 3.63) is 36.8 Å². The first kappa shape index (κ1) is 14.0. The molecule has 2 rings (SSSR count). The maximum absolute atomic E-state index is 11.2. The Morgan fingerprint density at radius 3 is 2.95 bits per heavy atom. The molecule has 2 N–H and O–H groups in total. The third-order valence-electron chi connectivity index (χ3n) is 3.01. The van der Waals surface area contributed by atoms with Crippen LogP contribution in [0.15, 0.2) is 31.1 Å². The van der Waals surface area contributed by atoms with Gasteiger partial charge in [-0.1, -0.05) is 19.9 Å². The smallest absolute Gasteiger partial charge is 0.326 e. The number of aromatic nitrogens is 3. The summed E-state index contributed by atoms with van der Waals surface area (Å²) in [5.74, 6) is -0.121. The number of fused-ring (bicyclic) bond motifs is 1. The number of aliphatic carboxylic acids is 1. The normalized spacial score (nSPS) is 12.6. The molecule has 1 atom stereocenters. The summed E-state index contributed by atoms with van der Waals surface area (Å²) in [7, 11) is 0. The van der Waals surface area contributed by atoms with Gasteiger partial charge in [-0.15, -0.1) is 6.58 Å². The SMILES string of the molecule is C=CCC(Nc1nccn2nc(C(C)C)cc12)C(=O)O. The first-order chi connectivity index (χ1) is 9.52. The van der Waals surface area contributed by atoms with Crippen molar-refractivity contribution in [2.45, 2.75) is 32.2 Å². The van der Waals surface area contributed by atoms with Gasteiger partial charge >= 0.3 is 5.97 Å². The highest BCUT2D eigenvalue weighted by atomic mass is 16.4. The van der Waals surface area contributed by atoms with Crippen LogP contribution in [0.4, 0.5) is 5.82 Å². The molecule has 2 heterocycles. The van der Waals surface area contributed by atoms with Crippen molar-refractivity contribution in [1.29, 1.82) is 0 Å². The largest absolute Gasteiger partial charge is 0.480 e. The number of anilines is 1. The first-order valence-corrected chi connectivity index (χ1v) is 6.47. The monoisotopic (exact) mass is 274 g/mol. The van der Waals surface area contributed by atoms with Crippen molar-refractivity contribution in [3.63, 3.8) is 0 Å². The molecule has 6 nitrogen and oxygen atoms in total. The second-order valence-corrected chi connectivity index (χ2v) is 4.89. The van der Waals surface area contributed by atoms with E-state index in [2.05, 4.69) is 35.8 Å². The lowest BCUT2D eigenvalue weighted by Gasteiger charge is -2.13. The zero-order valence-electron chi connectivity index (χ0n) is 11.6. The standard InChI is InChI=1S/C14H18N4O2/c1-4-5-10(14(19)20)16-13-12-8-11(9(2)3)17-18(12)7-6-15-13/h4,6-10H,1,5H2,2-3H3,(H,15,16)(H,19,20). The van der Waals surface area contributed by atoms with Gasteiger partial charge in [-0.05, 0) is 18.4 Å². The molecule has 1 unspecified atom stereocenters. The van der Waals surface area contributed by atoms with E-state index < -0.39 is 12.0 Å². The summed E-state index contributed by atoms with van der Waals surface area (Å²) in [6.45, 7) is 7.68. The minimum atomic E-state index is -0.933. The quantitative estimate of drug-likeness (QED) is 0.790. The number of nitrogens with zero attached hydrogens (tertiary/aromatic N) is 3. The van der Waals surface area contributed by atoms with Crippen molar-refractivity contribution in [2.75, 3.05) is 5.32 Å². The van der Waals surface area contributed by atoms with E-state index >= 15 is 0 Å². The number of hydrogen-bond donors (Lipinski definition) is 2. The van der Waals surface area contributed by atoms with Gasteiger partial charge < -0.3 is 10.4 Å². The fourth-order valence-electron chi connectivity index (χ4n) is 1.89. The molecular weight excluding hydrogens is 256 g/mol. The van der Waals surface area contributed by atoms with Gasteiger partial charge in [0.25, 0.3) is 0 Å². The molecule has 106 valence electrons. The van der Waals surface area contributed by atoms with E-state index in [-0.39, 0.29) is 0 Å². The number of carbonyl (C=O) groups is 1. The lowest BCUT2D eigenvalue weighted by atomic mass is 10.1. The van der Waals surface area contributed by atoms with Crippen LogP contribution in [0.2, 0.25) is 0 Å². The van der Waals surface area contributed by atoms with Crippen molar-refractivity contribution in [1.82, 2.24) is 14.6 Å². The van der Waals surface area contributed by atoms with Crippen LogP contribution >= 0.6 is 0 Å². The molecule has 0 saturated carbocycles. The fraction of sp³-hybridized carbons (Fsp3) is 0.357. The van der Waals surface area contributed by atoms with Crippen LogP contribution in [0.5, 0.6) is 0 Å². The molecule has 0 spiro atoms. The predicted molar refractivity (Wildman–Crippen MR) is 76.9 cm³/mol. The summed E-state index contributed by atoms with van der Waals surface area (Å²) in [6.07, 6.45) is 5.24. The molecule has 0 radical (unpaired) electrons. The second kappa shape index (κ2) is 5.73. The van der Waals surface area contributed by atoms with Gasteiger partial charge in [0.1, 0.15) is 11.6 Å². The Balaban J connectivity index is 2.38. The van der Waals surface area contributed by atoms with Gasteiger partial charge in [0.15, 0.2) is 5.82 Å². The number of hydrogen-bond acceptors (Lipinski definition) is 4. The molecule has 20 heavy (non-hydrogen) atoms. The first-order valence-electron chi connectivity index (χ1n) is 6.47. The van der Waals surface area contributed by atoms with E-state index in [0.717, 1.165) is 11.2 Å². The molecule has 0 saturated heterocycles. The van der Waals surface area contributed by atoms with Crippen LogP contribution < -0.4 is 5.32 Å². The molecule has 6 heteroatoms. The molecule has 0 aromatic carbocycles. The molecule has 0 amide bonds. The van der Waals surface area contributed by atoms with Gasteiger partial charge in [-0.2, -0.15) is 5.10 Å². The second-order valence-electron chi connectivity index (χ2n) is 4.89. The van der Waals surface area contributed by atoms with Crippen molar-refractivity contribution >= 4 is 17.3 Å². The predicted octanol–water partition coefficient (Wildman–Crippen LogP) is 2.29. The van der Waals surface area contributed by atoms with Gasteiger partial charge in [0.2, 0.25) is 0 Å². The minimum Gasteiger partial charge on any atom is -0.480 e. The van der Waals surface area contributed by atoms with Gasteiger partial charge in [-0.25, -0.2) is 14.3 Å². The van der Waals surface area contributed by atoms with E-state index in [1.165, 1.54) is 0 Å². The lowest BCUT2D eigenvalue weighted by molar-refractivity contribution is -0.137. The maximum atomic E-state index is 11.2. The van der Waals surface area contributed by atoms with Crippen LogP contribution in [-0.4, -0.2) is 31.7 Å². The molecule has 0 bridgehead atoms. The molecular formula is C14H18N4O2. The highest BCUT2D eigenvalue weighted by molar-refractivity contribution is 5.80. The topological polar surface area (TPSA) is 79.5 Å². The van der Waals surface area contributed by atoms with Crippen LogP contribution in [0.25, 0.3) is 5.52 Å². The van der Waals surface area contributed by atoms with Crippen LogP contribution in [0, 0.1) is 0 Å². The highest BCUT2D eigenvalue weighted by Gasteiger charge is 2.18. The molecule has 0 aliphatic rings. The van der Waals surface area contributed by atoms with Gasteiger partial charge in [0.05, 0.1) is 5.69 Å². The van der Waals surface area contributed by atoms with E-state index in [9.17, 15) is 9.90 Å². The molecule has 0 aliphatic carbocycles.